The molecule has 2 N–H and O–H groups in total. The normalized spacial score (nSPS) is 18.4. The molecule has 0 spiro atoms. The fraction of sp³-hybridized carbons (Fsp3) is 0.650. The van der Waals surface area contributed by atoms with E-state index in [0.29, 0.717) is 24.8 Å². The molecule has 3 nitrogen and oxygen atoms in total. The molecule has 2 rings (SSSR count). The van der Waals surface area contributed by atoms with Gasteiger partial charge in [-0.15, -0.1) is 0 Å². The van der Waals surface area contributed by atoms with Gasteiger partial charge in [0.05, 0.1) is 0 Å². The molecule has 1 amide bonds. The van der Waals surface area contributed by atoms with E-state index in [2.05, 4.69) is 45.0 Å². The number of unbranched alkanes of at least 4 members (excludes halogenated alkanes) is 1. The summed E-state index contributed by atoms with van der Waals surface area (Å²) in [6.45, 7) is 9.18. The number of rotatable bonds is 6. The maximum Gasteiger partial charge on any atom is 0.222 e. The van der Waals surface area contributed by atoms with Crippen LogP contribution in [0.4, 0.5) is 0 Å². The van der Waals surface area contributed by atoms with Crippen molar-refractivity contribution < 1.29 is 4.79 Å². The molecule has 23 heavy (non-hydrogen) atoms. The lowest BCUT2D eigenvalue weighted by atomic mass is 9.86. The summed E-state index contributed by atoms with van der Waals surface area (Å²) < 4.78 is 0. The minimum atomic E-state index is 0.210. The lowest BCUT2D eigenvalue weighted by Gasteiger charge is -2.19. The minimum absolute atomic E-state index is 0.210. The van der Waals surface area contributed by atoms with E-state index in [9.17, 15) is 4.79 Å². The van der Waals surface area contributed by atoms with Crippen LogP contribution in [-0.2, 0) is 16.6 Å². The third kappa shape index (κ3) is 5.35. The van der Waals surface area contributed by atoms with Crippen molar-refractivity contribution in [3.05, 3.63) is 35.4 Å². The Bertz CT molecular complexity index is 501. The molecule has 1 unspecified atom stereocenters. The van der Waals surface area contributed by atoms with Gasteiger partial charge in [-0.2, -0.15) is 0 Å². The molecule has 0 saturated carbocycles. The summed E-state index contributed by atoms with van der Waals surface area (Å²) in [6.07, 6.45) is 4.86. The average Bonchev–Trinajstić information content (AvgIpc) is 3.00. The van der Waals surface area contributed by atoms with Gasteiger partial charge in [0.2, 0.25) is 5.91 Å². The highest BCUT2D eigenvalue weighted by molar-refractivity contribution is 5.76. The van der Waals surface area contributed by atoms with Gasteiger partial charge in [0.15, 0.2) is 0 Å². The number of carbonyl (C=O) groups is 1. The highest BCUT2D eigenvalue weighted by Gasteiger charge is 2.24. The van der Waals surface area contributed by atoms with Crippen molar-refractivity contribution >= 4 is 5.91 Å². The van der Waals surface area contributed by atoms with E-state index in [1.54, 1.807) is 0 Å². The van der Waals surface area contributed by atoms with Crippen molar-refractivity contribution in [3.63, 3.8) is 0 Å². The van der Waals surface area contributed by atoms with Gasteiger partial charge in [-0.05, 0) is 54.7 Å². The van der Waals surface area contributed by atoms with Crippen LogP contribution in [-0.4, -0.2) is 30.4 Å². The number of benzene rings is 1. The maximum atomic E-state index is 12.2. The molecule has 1 aromatic carbocycles. The van der Waals surface area contributed by atoms with E-state index in [1.807, 2.05) is 4.90 Å². The lowest BCUT2D eigenvalue weighted by molar-refractivity contribution is -0.130. The molecular weight excluding hydrogens is 284 g/mol. The largest absolute Gasteiger partial charge is 0.342 e. The molecule has 1 atom stereocenters. The van der Waals surface area contributed by atoms with Gasteiger partial charge < -0.3 is 10.6 Å². The van der Waals surface area contributed by atoms with Crippen LogP contribution in [0.3, 0.4) is 0 Å². The van der Waals surface area contributed by atoms with E-state index in [4.69, 9.17) is 5.73 Å². The van der Waals surface area contributed by atoms with Crippen molar-refractivity contribution in [2.75, 3.05) is 19.6 Å². The fourth-order valence-corrected chi connectivity index (χ4v) is 3.19. The van der Waals surface area contributed by atoms with Crippen molar-refractivity contribution in [1.82, 2.24) is 4.90 Å². The van der Waals surface area contributed by atoms with Gasteiger partial charge >= 0.3 is 0 Å². The number of hydrogen-bond donors (Lipinski definition) is 1. The second-order valence-electron chi connectivity index (χ2n) is 7.88. The first-order valence-corrected chi connectivity index (χ1v) is 8.97. The summed E-state index contributed by atoms with van der Waals surface area (Å²) in [5.74, 6) is 0.823. The van der Waals surface area contributed by atoms with E-state index < -0.39 is 0 Å². The van der Waals surface area contributed by atoms with Crippen molar-refractivity contribution in [2.45, 2.75) is 58.3 Å². The standard InChI is InChI=1S/C20H32N2O/c1-20(2,3)18-10-8-16(9-11-18)6-4-5-7-19(23)22-13-12-17(14-21)15-22/h8-11,17H,4-7,12-15,21H2,1-3H3. The number of nitrogens with zero attached hydrogens (tertiary/aromatic N) is 1. The molecule has 1 aliphatic rings. The zero-order valence-corrected chi connectivity index (χ0v) is 15.0. The van der Waals surface area contributed by atoms with Gasteiger partial charge in [-0.3, -0.25) is 4.79 Å². The van der Waals surface area contributed by atoms with E-state index >= 15 is 0 Å². The predicted molar refractivity (Wildman–Crippen MR) is 96.4 cm³/mol. The number of aryl methyl sites for hydroxylation is 1. The predicted octanol–water partition coefficient (Wildman–Crippen LogP) is 3.50. The summed E-state index contributed by atoms with van der Waals surface area (Å²) in [6, 6.07) is 8.93. The Morgan fingerprint density at radius 2 is 1.91 bits per heavy atom. The highest BCUT2D eigenvalue weighted by atomic mass is 16.2. The first-order valence-electron chi connectivity index (χ1n) is 8.97. The molecule has 0 aromatic heterocycles. The Balaban J connectivity index is 1.68. The SMILES string of the molecule is CC(C)(C)c1ccc(CCCCC(=O)N2CCC(CN)C2)cc1. The maximum absolute atomic E-state index is 12.2. The zero-order chi connectivity index (χ0) is 16.9. The van der Waals surface area contributed by atoms with Crippen LogP contribution in [0.2, 0.25) is 0 Å². The molecule has 1 heterocycles. The molecular formula is C20H32N2O. The third-order valence-corrected chi connectivity index (χ3v) is 4.90. The van der Waals surface area contributed by atoms with Crippen LogP contribution < -0.4 is 5.73 Å². The molecule has 1 saturated heterocycles. The second kappa shape index (κ2) is 7.96. The smallest absolute Gasteiger partial charge is 0.222 e. The number of likely N-dealkylation sites (tertiary alicyclic amines) is 1. The molecule has 128 valence electrons. The Hall–Kier alpha value is -1.35. The minimum Gasteiger partial charge on any atom is -0.342 e. The van der Waals surface area contributed by atoms with Crippen LogP contribution in [0.1, 0.15) is 57.6 Å². The third-order valence-electron chi connectivity index (χ3n) is 4.90. The molecule has 1 aromatic rings. The van der Waals surface area contributed by atoms with Gasteiger partial charge in [-0.1, -0.05) is 45.0 Å². The van der Waals surface area contributed by atoms with Crippen LogP contribution in [0, 0.1) is 5.92 Å². The van der Waals surface area contributed by atoms with Gasteiger partial charge in [-0.25, -0.2) is 0 Å². The summed E-state index contributed by atoms with van der Waals surface area (Å²) in [5, 5.41) is 0. The topological polar surface area (TPSA) is 46.3 Å². The summed E-state index contributed by atoms with van der Waals surface area (Å²) >= 11 is 0. The first kappa shape index (κ1) is 18.0. The average molecular weight is 316 g/mol. The van der Waals surface area contributed by atoms with E-state index in [0.717, 1.165) is 38.8 Å². The molecule has 0 aliphatic carbocycles. The Morgan fingerprint density at radius 1 is 1.22 bits per heavy atom. The summed E-state index contributed by atoms with van der Waals surface area (Å²) in [7, 11) is 0. The van der Waals surface area contributed by atoms with Crippen LogP contribution in [0.5, 0.6) is 0 Å². The van der Waals surface area contributed by atoms with Crippen molar-refractivity contribution in [3.8, 4) is 0 Å². The number of hydrogen-bond acceptors (Lipinski definition) is 2. The monoisotopic (exact) mass is 316 g/mol. The Morgan fingerprint density at radius 3 is 2.48 bits per heavy atom. The van der Waals surface area contributed by atoms with Gasteiger partial charge in [0, 0.05) is 19.5 Å². The zero-order valence-electron chi connectivity index (χ0n) is 15.0. The van der Waals surface area contributed by atoms with Gasteiger partial charge in [0.25, 0.3) is 0 Å². The fourth-order valence-electron chi connectivity index (χ4n) is 3.19. The molecule has 3 heteroatoms. The molecule has 0 radical (unpaired) electrons. The van der Waals surface area contributed by atoms with Crippen LogP contribution in [0.15, 0.2) is 24.3 Å². The number of carbonyl (C=O) groups excluding carboxylic acids is 1. The highest BCUT2D eigenvalue weighted by Crippen LogP contribution is 2.23. The summed E-state index contributed by atoms with van der Waals surface area (Å²) in [4.78, 5) is 14.2. The molecule has 1 aliphatic heterocycles. The quantitative estimate of drug-likeness (QED) is 0.816. The number of nitrogens with two attached hydrogens (primary N) is 1. The lowest BCUT2D eigenvalue weighted by Crippen LogP contribution is -2.29. The van der Waals surface area contributed by atoms with E-state index in [-0.39, 0.29) is 5.41 Å². The van der Waals surface area contributed by atoms with Crippen molar-refractivity contribution in [1.29, 1.82) is 0 Å². The first-order chi connectivity index (χ1) is 10.9. The molecule has 1 fully saturated rings. The molecule has 0 bridgehead atoms. The van der Waals surface area contributed by atoms with Crippen LogP contribution >= 0.6 is 0 Å². The summed E-state index contributed by atoms with van der Waals surface area (Å²) in [5.41, 5.74) is 8.64. The van der Waals surface area contributed by atoms with Crippen molar-refractivity contribution in [2.24, 2.45) is 11.7 Å². The Labute approximate surface area is 141 Å². The van der Waals surface area contributed by atoms with E-state index in [1.165, 1.54) is 11.1 Å². The van der Waals surface area contributed by atoms with Gasteiger partial charge in [0.1, 0.15) is 0 Å². The Kier molecular flexibility index (Phi) is 6.23. The van der Waals surface area contributed by atoms with Crippen LogP contribution in [0.25, 0.3) is 0 Å². The second-order valence-corrected chi connectivity index (χ2v) is 7.88. The number of amides is 1.